The van der Waals surface area contributed by atoms with Crippen molar-refractivity contribution >= 4 is 0 Å². The largest absolute Gasteiger partial charge is 0.361 e. The van der Waals surface area contributed by atoms with Gasteiger partial charge in [-0.05, 0) is 6.92 Å². The minimum absolute atomic E-state index is 0.281. The third kappa shape index (κ3) is 1.36. The minimum Gasteiger partial charge on any atom is -0.361 e. The Morgan fingerprint density at radius 1 is 1.25 bits per heavy atom. The Balaban J connectivity index is 2.00. The summed E-state index contributed by atoms with van der Waals surface area (Å²) in [4.78, 5) is 8.01. The fourth-order valence-corrected chi connectivity index (χ4v) is 1.20. The Morgan fingerprint density at radius 2 is 2.19 bits per heavy atom. The molecular weight excluding hydrogens is 212 g/mol. The fourth-order valence-electron chi connectivity index (χ4n) is 1.20. The first-order valence-electron chi connectivity index (χ1n) is 4.46. The van der Waals surface area contributed by atoms with Gasteiger partial charge in [-0.1, -0.05) is 10.3 Å². The third-order valence-corrected chi connectivity index (χ3v) is 1.90. The van der Waals surface area contributed by atoms with E-state index in [9.17, 15) is 0 Å². The monoisotopic (exact) mass is 218 g/mol. The molecule has 3 rings (SSSR count). The fraction of sp³-hybridized carbons (Fsp3) is 0.125. The van der Waals surface area contributed by atoms with Gasteiger partial charge in [-0.25, -0.2) is 4.98 Å². The standard InChI is InChI=1S/C8H6N6O2/c1-4-2-5(13-15-4)8-11-7(14-16-8)6-9-3-10-12-6/h2-3H,1H3,(H,9,10,12). The molecule has 80 valence electrons. The van der Waals surface area contributed by atoms with Crippen molar-refractivity contribution in [1.29, 1.82) is 0 Å². The second-order valence-electron chi connectivity index (χ2n) is 3.08. The zero-order chi connectivity index (χ0) is 11.0. The first-order chi connectivity index (χ1) is 7.83. The summed E-state index contributed by atoms with van der Waals surface area (Å²) < 4.78 is 9.92. The molecule has 0 spiro atoms. The maximum Gasteiger partial charge on any atom is 0.280 e. The molecule has 8 nitrogen and oxygen atoms in total. The summed E-state index contributed by atoms with van der Waals surface area (Å²) in [6.07, 6.45) is 1.37. The van der Waals surface area contributed by atoms with E-state index in [1.54, 1.807) is 13.0 Å². The lowest BCUT2D eigenvalue weighted by Gasteiger charge is -1.81. The van der Waals surface area contributed by atoms with Crippen LogP contribution in [0.5, 0.6) is 0 Å². The molecule has 8 heteroatoms. The SMILES string of the molecule is Cc1cc(-c2nc(-c3ncn[nH]3)no2)no1. The maximum absolute atomic E-state index is 5.02. The number of aromatic amines is 1. The van der Waals surface area contributed by atoms with E-state index in [0.29, 0.717) is 23.1 Å². The maximum atomic E-state index is 5.02. The van der Waals surface area contributed by atoms with Crippen LogP contribution in [0, 0.1) is 6.92 Å². The molecule has 0 aliphatic heterocycles. The van der Waals surface area contributed by atoms with Crippen LogP contribution in [-0.4, -0.2) is 30.5 Å². The number of aromatic nitrogens is 6. The summed E-state index contributed by atoms with van der Waals surface area (Å²) in [6.45, 7) is 1.78. The minimum atomic E-state index is 0.281. The van der Waals surface area contributed by atoms with E-state index in [1.807, 2.05) is 0 Å². The Hall–Kier alpha value is -2.51. The van der Waals surface area contributed by atoms with Crippen LogP contribution in [0.25, 0.3) is 23.2 Å². The van der Waals surface area contributed by atoms with Crippen LogP contribution in [0.3, 0.4) is 0 Å². The average molecular weight is 218 g/mol. The molecule has 0 aliphatic rings. The third-order valence-electron chi connectivity index (χ3n) is 1.90. The van der Waals surface area contributed by atoms with Gasteiger partial charge in [0.25, 0.3) is 5.89 Å². The molecule has 0 aliphatic carbocycles. The number of H-pyrrole nitrogens is 1. The molecule has 0 radical (unpaired) electrons. The lowest BCUT2D eigenvalue weighted by Crippen LogP contribution is -1.83. The highest BCUT2D eigenvalue weighted by molar-refractivity contribution is 5.50. The highest BCUT2D eigenvalue weighted by atomic mass is 16.5. The number of nitrogens with zero attached hydrogens (tertiary/aromatic N) is 5. The first kappa shape index (κ1) is 8.77. The van der Waals surface area contributed by atoms with Gasteiger partial charge < -0.3 is 9.05 Å². The van der Waals surface area contributed by atoms with Crippen LogP contribution in [-0.2, 0) is 0 Å². The Morgan fingerprint density at radius 3 is 2.88 bits per heavy atom. The average Bonchev–Trinajstić information content (AvgIpc) is 2.97. The molecule has 0 amide bonds. The van der Waals surface area contributed by atoms with E-state index < -0.39 is 0 Å². The zero-order valence-corrected chi connectivity index (χ0v) is 8.21. The molecule has 0 fully saturated rings. The van der Waals surface area contributed by atoms with Crippen molar-refractivity contribution in [2.45, 2.75) is 6.92 Å². The van der Waals surface area contributed by atoms with Gasteiger partial charge in [0.1, 0.15) is 12.1 Å². The van der Waals surface area contributed by atoms with Crippen molar-refractivity contribution in [2.75, 3.05) is 0 Å². The van der Waals surface area contributed by atoms with Crippen LogP contribution in [0.15, 0.2) is 21.4 Å². The molecule has 3 aromatic heterocycles. The van der Waals surface area contributed by atoms with E-state index >= 15 is 0 Å². The Bertz CT molecular complexity index is 596. The number of hydrogen-bond acceptors (Lipinski definition) is 7. The van der Waals surface area contributed by atoms with Crippen LogP contribution in [0.2, 0.25) is 0 Å². The predicted octanol–water partition coefficient (Wildman–Crippen LogP) is 0.818. The lowest BCUT2D eigenvalue weighted by atomic mass is 10.4. The molecule has 1 N–H and O–H groups in total. The van der Waals surface area contributed by atoms with E-state index in [1.165, 1.54) is 6.33 Å². The molecular formula is C8H6N6O2. The highest BCUT2D eigenvalue weighted by Crippen LogP contribution is 2.19. The lowest BCUT2D eigenvalue weighted by molar-refractivity contribution is 0.390. The molecule has 0 aromatic carbocycles. The van der Waals surface area contributed by atoms with Crippen LogP contribution in [0.1, 0.15) is 5.76 Å². The van der Waals surface area contributed by atoms with Gasteiger partial charge in [0, 0.05) is 6.07 Å². The van der Waals surface area contributed by atoms with Gasteiger partial charge in [-0.2, -0.15) is 10.1 Å². The van der Waals surface area contributed by atoms with Gasteiger partial charge in [-0.15, -0.1) is 0 Å². The van der Waals surface area contributed by atoms with Gasteiger partial charge in [0.15, 0.2) is 11.5 Å². The van der Waals surface area contributed by atoms with Crippen molar-refractivity contribution < 1.29 is 9.05 Å². The second kappa shape index (κ2) is 3.26. The number of nitrogens with one attached hydrogen (secondary N) is 1. The van der Waals surface area contributed by atoms with Crippen molar-refractivity contribution in [1.82, 2.24) is 30.5 Å². The normalized spacial score (nSPS) is 10.8. The number of hydrogen-bond donors (Lipinski definition) is 1. The molecule has 0 saturated heterocycles. The molecule has 0 saturated carbocycles. The summed E-state index contributed by atoms with van der Waals surface area (Å²) in [5, 5.41) is 13.8. The molecule has 16 heavy (non-hydrogen) atoms. The van der Waals surface area contributed by atoms with Crippen molar-refractivity contribution in [3.8, 4) is 23.2 Å². The van der Waals surface area contributed by atoms with E-state index in [4.69, 9.17) is 9.05 Å². The molecule has 0 atom stereocenters. The second-order valence-corrected chi connectivity index (χ2v) is 3.08. The summed E-state index contributed by atoms with van der Waals surface area (Å²) >= 11 is 0. The number of rotatable bonds is 2. The highest BCUT2D eigenvalue weighted by Gasteiger charge is 2.15. The summed E-state index contributed by atoms with van der Waals surface area (Å²) in [5.41, 5.74) is 0.496. The van der Waals surface area contributed by atoms with Crippen molar-refractivity contribution in [2.24, 2.45) is 0 Å². The zero-order valence-electron chi connectivity index (χ0n) is 8.21. The summed E-state index contributed by atoms with van der Waals surface area (Å²) in [7, 11) is 0. The first-order valence-corrected chi connectivity index (χ1v) is 4.46. The van der Waals surface area contributed by atoms with Crippen LogP contribution < -0.4 is 0 Å². The predicted molar refractivity (Wildman–Crippen MR) is 49.9 cm³/mol. The Kier molecular flexibility index (Phi) is 1.79. The topological polar surface area (TPSA) is 107 Å². The van der Waals surface area contributed by atoms with Gasteiger partial charge in [0.2, 0.25) is 5.82 Å². The van der Waals surface area contributed by atoms with Gasteiger partial charge in [-0.3, -0.25) is 5.10 Å². The van der Waals surface area contributed by atoms with E-state index in [2.05, 4.69) is 30.5 Å². The van der Waals surface area contributed by atoms with E-state index in [0.717, 1.165) is 0 Å². The van der Waals surface area contributed by atoms with Crippen LogP contribution in [0.4, 0.5) is 0 Å². The smallest absolute Gasteiger partial charge is 0.280 e. The molecule has 3 aromatic rings. The Labute approximate surface area is 88.7 Å². The van der Waals surface area contributed by atoms with Gasteiger partial charge >= 0.3 is 0 Å². The van der Waals surface area contributed by atoms with E-state index in [-0.39, 0.29) is 5.89 Å². The van der Waals surface area contributed by atoms with Crippen molar-refractivity contribution in [3.05, 3.63) is 18.2 Å². The number of aryl methyl sites for hydroxylation is 1. The summed E-state index contributed by atoms with van der Waals surface area (Å²) in [6, 6.07) is 1.71. The van der Waals surface area contributed by atoms with Crippen LogP contribution >= 0.6 is 0 Å². The molecule has 0 unspecified atom stereocenters. The van der Waals surface area contributed by atoms with Gasteiger partial charge in [0.05, 0.1) is 0 Å². The quantitative estimate of drug-likeness (QED) is 0.678. The summed E-state index contributed by atoms with van der Waals surface area (Å²) in [5.74, 6) is 1.72. The molecule has 3 heterocycles. The molecule has 0 bridgehead atoms. The van der Waals surface area contributed by atoms with Crippen molar-refractivity contribution in [3.63, 3.8) is 0 Å².